The van der Waals surface area contributed by atoms with Crippen LogP contribution in [0.25, 0.3) is 0 Å². The molecule has 0 saturated heterocycles. The SMILES string of the molecule is COc1cccc(N(C)C(=O)c2c(F)cccc2Br)c1. The lowest BCUT2D eigenvalue weighted by Crippen LogP contribution is -2.27. The number of halogens is 2. The molecule has 0 spiro atoms. The molecule has 0 N–H and O–H groups in total. The normalized spacial score (nSPS) is 10.2. The van der Waals surface area contributed by atoms with Gasteiger partial charge in [0.05, 0.1) is 12.7 Å². The molecule has 2 rings (SSSR count). The van der Waals surface area contributed by atoms with Gasteiger partial charge in [0.2, 0.25) is 0 Å². The minimum atomic E-state index is -0.556. The average molecular weight is 338 g/mol. The Labute approximate surface area is 125 Å². The number of rotatable bonds is 3. The lowest BCUT2D eigenvalue weighted by Gasteiger charge is -2.19. The van der Waals surface area contributed by atoms with Crippen molar-refractivity contribution in [3.8, 4) is 5.75 Å². The molecule has 0 fully saturated rings. The summed E-state index contributed by atoms with van der Waals surface area (Å²) in [5, 5.41) is 0. The van der Waals surface area contributed by atoms with E-state index in [1.807, 2.05) is 0 Å². The third kappa shape index (κ3) is 2.82. The minimum Gasteiger partial charge on any atom is -0.497 e. The Morgan fingerprint density at radius 2 is 1.95 bits per heavy atom. The summed E-state index contributed by atoms with van der Waals surface area (Å²) in [6, 6.07) is 11.5. The Bertz CT molecular complexity index is 625. The molecule has 0 saturated carbocycles. The van der Waals surface area contributed by atoms with E-state index < -0.39 is 11.7 Å². The maximum absolute atomic E-state index is 13.8. The number of carbonyl (C=O) groups excluding carboxylic acids is 1. The number of nitrogens with zero attached hydrogens (tertiary/aromatic N) is 1. The van der Waals surface area contributed by atoms with Gasteiger partial charge in [-0.05, 0) is 40.2 Å². The second kappa shape index (κ2) is 6.05. The van der Waals surface area contributed by atoms with Crippen LogP contribution in [-0.4, -0.2) is 20.1 Å². The Hall–Kier alpha value is -1.88. The number of amides is 1. The molecule has 0 heterocycles. The van der Waals surface area contributed by atoms with Crippen molar-refractivity contribution in [2.75, 3.05) is 19.1 Å². The van der Waals surface area contributed by atoms with E-state index in [9.17, 15) is 9.18 Å². The predicted molar refractivity (Wildman–Crippen MR) is 79.8 cm³/mol. The van der Waals surface area contributed by atoms with Crippen LogP contribution in [0.15, 0.2) is 46.9 Å². The molecular weight excluding hydrogens is 325 g/mol. The predicted octanol–water partition coefficient (Wildman–Crippen LogP) is 3.87. The van der Waals surface area contributed by atoms with Crippen LogP contribution in [0, 0.1) is 5.82 Å². The zero-order valence-corrected chi connectivity index (χ0v) is 12.6. The third-order valence-corrected chi connectivity index (χ3v) is 3.58. The molecular formula is C15H13BrFNO2. The number of carbonyl (C=O) groups is 1. The molecule has 0 aromatic heterocycles. The van der Waals surface area contributed by atoms with E-state index in [0.717, 1.165) is 0 Å². The fraction of sp³-hybridized carbons (Fsp3) is 0.133. The fourth-order valence-corrected chi connectivity index (χ4v) is 2.32. The smallest absolute Gasteiger partial charge is 0.262 e. The van der Waals surface area contributed by atoms with Crippen molar-refractivity contribution in [2.24, 2.45) is 0 Å². The van der Waals surface area contributed by atoms with Crippen LogP contribution in [0.2, 0.25) is 0 Å². The zero-order valence-electron chi connectivity index (χ0n) is 11.1. The van der Waals surface area contributed by atoms with Crippen molar-refractivity contribution in [1.29, 1.82) is 0 Å². The van der Waals surface area contributed by atoms with Crippen molar-refractivity contribution >= 4 is 27.5 Å². The molecule has 3 nitrogen and oxygen atoms in total. The molecule has 2 aromatic rings. The van der Waals surface area contributed by atoms with Gasteiger partial charge in [0, 0.05) is 23.3 Å². The topological polar surface area (TPSA) is 29.5 Å². The van der Waals surface area contributed by atoms with E-state index in [4.69, 9.17) is 4.74 Å². The van der Waals surface area contributed by atoms with Crippen LogP contribution in [-0.2, 0) is 0 Å². The summed E-state index contributed by atoms with van der Waals surface area (Å²) in [4.78, 5) is 13.8. The summed E-state index contributed by atoms with van der Waals surface area (Å²) in [6.45, 7) is 0. The van der Waals surface area contributed by atoms with Crippen LogP contribution >= 0.6 is 15.9 Å². The molecule has 0 unspecified atom stereocenters. The molecule has 0 aliphatic heterocycles. The van der Waals surface area contributed by atoms with Crippen molar-refractivity contribution in [3.63, 3.8) is 0 Å². The Morgan fingerprint density at radius 3 is 2.60 bits per heavy atom. The van der Waals surface area contributed by atoms with Gasteiger partial charge in [-0.1, -0.05) is 12.1 Å². The summed E-state index contributed by atoms with van der Waals surface area (Å²) in [7, 11) is 3.14. The number of methoxy groups -OCH3 is 1. The van der Waals surface area contributed by atoms with Crippen LogP contribution < -0.4 is 9.64 Å². The number of hydrogen-bond acceptors (Lipinski definition) is 2. The number of ether oxygens (including phenoxy) is 1. The maximum atomic E-state index is 13.8. The van der Waals surface area contributed by atoms with Crippen molar-refractivity contribution in [3.05, 3.63) is 58.3 Å². The first-order valence-corrected chi connectivity index (χ1v) is 6.70. The van der Waals surface area contributed by atoms with Gasteiger partial charge in [-0.3, -0.25) is 4.79 Å². The van der Waals surface area contributed by atoms with Crippen molar-refractivity contribution < 1.29 is 13.9 Å². The largest absolute Gasteiger partial charge is 0.497 e. The molecule has 104 valence electrons. The van der Waals surface area contributed by atoms with E-state index >= 15 is 0 Å². The highest BCUT2D eigenvalue weighted by Gasteiger charge is 2.20. The summed E-state index contributed by atoms with van der Waals surface area (Å²) < 4.78 is 19.4. The van der Waals surface area contributed by atoms with Gasteiger partial charge in [-0.2, -0.15) is 0 Å². The Balaban J connectivity index is 2.37. The fourth-order valence-electron chi connectivity index (χ4n) is 1.81. The monoisotopic (exact) mass is 337 g/mol. The number of hydrogen-bond donors (Lipinski definition) is 0. The standard InChI is InChI=1S/C15H13BrFNO2/c1-18(10-5-3-6-11(9-10)20-2)15(19)14-12(16)7-4-8-13(14)17/h3-9H,1-2H3. The van der Waals surface area contributed by atoms with E-state index in [1.54, 1.807) is 50.6 Å². The number of benzene rings is 2. The Morgan fingerprint density at radius 1 is 1.25 bits per heavy atom. The maximum Gasteiger partial charge on any atom is 0.262 e. The van der Waals surface area contributed by atoms with Gasteiger partial charge < -0.3 is 9.64 Å². The van der Waals surface area contributed by atoms with Crippen LogP contribution in [0.3, 0.4) is 0 Å². The molecule has 0 radical (unpaired) electrons. The summed E-state index contributed by atoms with van der Waals surface area (Å²) in [5.74, 6) is -0.350. The van der Waals surface area contributed by atoms with Gasteiger partial charge in [-0.15, -0.1) is 0 Å². The van der Waals surface area contributed by atoms with Crippen LogP contribution in [0.5, 0.6) is 5.75 Å². The summed E-state index contributed by atoms with van der Waals surface area (Å²) >= 11 is 3.20. The quantitative estimate of drug-likeness (QED) is 0.850. The van der Waals surface area contributed by atoms with Gasteiger partial charge in [0.1, 0.15) is 11.6 Å². The van der Waals surface area contributed by atoms with Crippen LogP contribution in [0.1, 0.15) is 10.4 Å². The zero-order chi connectivity index (χ0) is 14.7. The number of anilines is 1. The van der Waals surface area contributed by atoms with E-state index in [0.29, 0.717) is 15.9 Å². The molecule has 0 atom stereocenters. The minimum absolute atomic E-state index is 0.0119. The lowest BCUT2D eigenvalue weighted by molar-refractivity contribution is 0.0988. The molecule has 0 aliphatic rings. The molecule has 0 bridgehead atoms. The molecule has 1 amide bonds. The molecule has 0 aliphatic carbocycles. The van der Waals surface area contributed by atoms with Crippen LogP contribution in [0.4, 0.5) is 10.1 Å². The molecule has 5 heteroatoms. The summed E-state index contributed by atoms with van der Waals surface area (Å²) in [6.07, 6.45) is 0. The first-order valence-electron chi connectivity index (χ1n) is 5.90. The van der Waals surface area contributed by atoms with Gasteiger partial charge in [-0.25, -0.2) is 4.39 Å². The van der Waals surface area contributed by atoms with Gasteiger partial charge in [0.15, 0.2) is 0 Å². The average Bonchev–Trinajstić information content (AvgIpc) is 2.46. The van der Waals surface area contributed by atoms with Gasteiger partial charge >= 0.3 is 0 Å². The van der Waals surface area contributed by atoms with E-state index in [-0.39, 0.29) is 5.56 Å². The third-order valence-electron chi connectivity index (χ3n) is 2.92. The second-order valence-corrected chi connectivity index (χ2v) is 5.02. The summed E-state index contributed by atoms with van der Waals surface area (Å²) in [5.41, 5.74) is 0.641. The highest BCUT2D eigenvalue weighted by molar-refractivity contribution is 9.10. The van der Waals surface area contributed by atoms with Crippen molar-refractivity contribution in [2.45, 2.75) is 0 Å². The molecule has 20 heavy (non-hydrogen) atoms. The Kier molecular flexibility index (Phi) is 4.39. The lowest BCUT2D eigenvalue weighted by atomic mass is 10.1. The first kappa shape index (κ1) is 14.5. The van der Waals surface area contributed by atoms with E-state index in [2.05, 4.69) is 15.9 Å². The second-order valence-electron chi connectivity index (χ2n) is 4.16. The highest BCUT2D eigenvalue weighted by Crippen LogP contribution is 2.25. The molecule has 2 aromatic carbocycles. The highest BCUT2D eigenvalue weighted by atomic mass is 79.9. The van der Waals surface area contributed by atoms with E-state index in [1.165, 1.54) is 11.0 Å². The first-order chi connectivity index (χ1) is 9.54. The van der Waals surface area contributed by atoms with Crippen molar-refractivity contribution in [1.82, 2.24) is 0 Å². The van der Waals surface area contributed by atoms with Gasteiger partial charge in [0.25, 0.3) is 5.91 Å².